The molecule has 4 N–H and O–H groups in total. The fourth-order valence-corrected chi connectivity index (χ4v) is 2.84. The maximum absolute atomic E-state index is 12.0. The molecule has 29 heavy (non-hydrogen) atoms. The molecule has 0 saturated carbocycles. The molecule has 1 aromatic carbocycles. The maximum atomic E-state index is 12.0. The van der Waals surface area contributed by atoms with Gasteiger partial charge in [-0.05, 0) is 54.7 Å². The molecule has 156 valence electrons. The first kappa shape index (κ1) is 22.4. The highest BCUT2D eigenvalue weighted by Crippen LogP contribution is 2.27. The average molecular weight is 404 g/mol. The van der Waals surface area contributed by atoms with Gasteiger partial charge in [-0.2, -0.15) is 0 Å². The van der Waals surface area contributed by atoms with E-state index in [9.17, 15) is 19.8 Å². The van der Waals surface area contributed by atoms with Crippen molar-refractivity contribution in [2.45, 2.75) is 31.8 Å². The van der Waals surface area contributed by atoms with Crippen LogP contribution in [0, 0.1) is 5.92 Å². The Labute approximate surface area is 168 Å². The number of allylic oxidation sites excluding steroid dienone is 4. The minimum Gasteiger partial charge on any atom is -0.510 e. The van der Waals surface area contributed by atoms with E-state index in [0.717, 1.165) is 0 Å². The van der Waals surface area contributed by atoms with E-state index in [-0.39, 0.29) is 47.6 Å². The molecule has 0 aliphatic heterocycles. The van der Waals surface area contributed by atoms with Crippen LogP contribution in [0.2, 0.25) is 0 Å². The van der Waals surface area contributed by atoms with E-state index in [1.807, 2.05) is 0 Å². The summed E-state index contributed by atoms with van der Waals surface area (Å²) in [4.78, 5) is 24.0. The van der Waals surface area contributed by atoms with Crippen LogP contribution in [0.15, 0.2) is 48.3 Å². The molecule has 0 spiro atoms. The number of carbonyl (C=O) groups is 2. The summed E-state index contributed by atoms with van der Waals surface area (Å²) in [6.07, 6.45) is 6.81. The Balaban J connectivity index is 1.87. The Morgan fingerprint density at radius 2 is 1.93 bits per heavy atom. The summed E-state index contributed by atoms with van der Waals surface area (Å²) in [5, 5.41) is 37.0. The van der Waals surface area contributed by atoms with Crippen LogP contribution in [0.3, 0.4) is 0 Å². The molecule has 8 heteroatoms. The number of carbonyl (C=O) groups excluding carboxylic acids is 2. The zero-order valence-corrected chi connectivity index (χ0v) is 15.9. The van der Waals surface area contributed by atoms with Gasteiger partial charge in [0.1, 0.15) is 11.9 Å². The van der Waals surface area contributed by atoms with Crippen molar-refractivity contribution in [3.05, 3.63) is 53.8 Å². The fraction of sp³-hybridized carbons (Fsp3) is 0.333. The van der Waals surface area contributed by atoms with Gasteiger partial charge in [-0.15, -0.1) is 0 Å². The molecule has 2 unspecified atom stereocenters. The standard InChI is InChI=1S/C21H24O8/c1-28-19-10-13(4-8-17(19)24)2-6-15(22)12-16(23)7-3-14-5-9-18(25)20(11-14)29-21(26)27/h2-4,6-10,14,20-21,24-27H,5,11-12H2,1H3/b6-2+,7-3+. The van der Waals surface area contributed by atoms with Gasteiger partial charge < -0.3 is 29.9 Å². The highest BCUT2D eigenvalue weighted by molar-refractivity contribution is 6.09. The third kappa shape index (κ3) is 7.19. The number of benzene rings is 1. The lowest BCUT2D eigenvalue weighted by atomic mass is 9.90. The van der Waals surface area contributed by atoms with Crippen LogP contribution in [0.4, 0.5) is 0 Å². The first-order chi connectivity index (χ1) is 13.8. The van der Waals surface area contributed by atoms with Crippen molar-refractivity contribution in [3.63, 3.8) is 0 Å². The summed E-state index contributed by atoms with van der Waals surface area (Å²) in [6.45, 7) is -2.00. The number of ketones is 2. The van der Waals surface area contributed by atoms with Crippen LogP contribution < -0.4 is 4.74 Å². The van der Waals surface area contributed by atoms with Gasteiger partial charge in [0.2, 0.25) is 0 Å². The quantitative estimate of drug-likeness (QED) is 0.279. The van der Waals surface area contributed by atoms with Crippen LogP contribution in [-0.4, -0.2) is 51.7 Å². The van der Waals surface area contributed by atoms with Gasteiger partial charge in [-0.1, -0.05) is 18.2 Å². The normalized spacial score (nSPS) is 19.7. The monoisotopic (exact) mass is 404 g/mol. The largest absolute Gasteiger partial charge is 0.510 e. The van der Waals surface area contributed by atoms with Crippen LogP contribution in [0.5, 0.6) is 11.5 Å². The van der Waals surface area contributed by atoms with E-state index in [2.05, 4.69) is 0 Å². The van der Waals surface area contributed by atoms with E-state index in [1.54, 1.807) is 18.2 Å². The smallest absolute Gasteiger partial charge is 0.267 e. The van der Waals surface area contributed by atoms with Gasteiger partial charge in [0, 0.05) is 0 Å². The number of ether oxygens (including phenoxy) is 2. The molecule has 0 bridgehead atoms. The number of phenols is 1. The second-order valence-corrected chi connectivity index (χ2v) is 6.54. The molecule has 1 aliphatic carbocycles. The maximum Gasteiger partial charge on any atom is 0.267 e. The first-order valence-electron chi connectivity index (χ1n) is 8.98. The van der Waals surface area contributed by atoms with Crippen molar-refractivity contribution in [2.75, 3.05) is 7.11 Å². The van der Waals surface area contributed by atoms with Crippen molar-refractivity contribution in [1.82, 2.24) is 0 Å². The van der Waals surface area contributed by atoms with E-state index in [0.29, 0.717) is 12.0 Å². The Morgan fingerprint density at radius 1 is 1.21 bits per heavy atom. The summed E-state index contributed by atoms with van der Waals surface area (Å²) < 4.78 is 9.78. The number of hydrogen-bond donors (Lipinski definition) is 4. The third-order valence-corrected chi connectivity index (χ3v) is 4.33. The number of aliphatic hydroxyl groups excluding tert-OH is 2. The number of aliphatic hydroxyl groups is 3. The van der Waals surface area contributed by atoms with E-state index < -0.39 is 12.6 Å². The van der Waals surface area contributed by atoms with Gasteiger partial charge in [0.05, 0.1) is 13.5 Å². The topological polar surface area (TPSA) is 134 Å². The van der Waals surface area contributed by atoms with Crippen LogP contribution >= 0.6 is 0 Å². The number of rotatable bonds is 9. The number of aromatic hydroxyl groups is 1. The van der Waals surface area contributed by atoms with E-state index >= 15 is 0 Å². The Hall–Kier alpha value is -2.94. The van der Waals surface area contributed by atoms with Crippen LogP contribution in [0.1, 0.15) is 24.8 Å². The molecular weight excluding hydrogens is 380 g/mol. The summed E-state index contributed by atoms with van der Waals surface area (Å²) in [5.41, 5.74) is 0.641. The van der Waals surface area contributed by atoms with E-state index in [1.165, 1.54) is 37.5 Å². The molecule has 1 aromatic rings. The molecule has 8 nitrogen and oxygen atoms in total. The predicted octanol–water partition coefficient (Wildman–Crippen LogP) is 2.00. The Kier molecular flexibility index (Phi) is 8.14. The minimum absolute atomic E-state index is 0.0108. The summed E-state index contributed by atoms with van der Waals surface area (Å²) in [6, 6.07) is 4.62. The average Bonchev–Trinajstić information content (AvgIpc) is 2.67. The molecule has 0 amide bonds. The molecule has 2 rings (SSSR count). The van der Waals surface area contributed by atoms with Crippen LogP contribution in [0.25, 0.3) is 6.08 Å². The van der Waals surface area contributed by atoms with Gasteiger partial charge in [0.15, 0.2) is 23.1 Å². The molecular formula is C21H24O8. The number of phenolic OH excluding ortho intramolecular Hbond substituents is 1. The Morgan fingerprint density at radius 3 is 2.62 bits per heavy atom. The lowest BCUT2D eigenvalue weighted by molar-refractivity contribution is -0.256. The highest BCUT2D eigenvalue weighted by atomic mass is 16.7. The van der Waals surface area contributed by atoms with Crippen molar-refractivity contribution in [1.29, 1.82) is 0 Å². The highest BCUT2D eigenvalue weighted by Gasteiger charge is 2.25. The van der Waals surface area contributed by atoms with Crippen molar-refractivity contribution >= 4 is 17.6 Å². The SMILES string of the molecule is COc1cc(/C=C/C(=O)CC(=O)/C=C/C2CC=C(O)C(OC(O)O)C2)ccc1O. The lowest BCUT2D eigenvalue weighted by Crippen LogP contribution is -2.28. The molecule has 0 saturated heterocycles. The van der Waals surface area contributed by atoms with Gasteiger partial charge in [-0.3, -0.25) is 9.59 Å². The molecule has 0 heterocycles. The van der Waals surface area contributed by atoms with E-state index in [4.69, 9.17) is 19.7 Å². The molecule has 0 aromatic heterocycles. The summed E-state index contributed by atoms with van der Waals surface area (Å²) in [5.74, 6) is -0.710. The summed E-state index contributed by atoms with van der Waals surface area (Å²) in [7, 11) is 1.42. The number of methoxy groups -OCH3 is 1. The van der Waals surface area contributed by atoms with Gasteiger partial charge >= 0.3 is 0 Å². The zero-order chi connectivity index (χ0) is 21.4. The van der Waals surface area contributed by atoms with Gasteiger partial charge in [0.25, 0.3) is 6.48 Å². The Bertz CT molecular complexity index is 822. The zero-order valence-electron chi connectivity index (χ0n) is 15.9. The lowest BCUT2D eigenvalue weighted by Gasteiger charge is -2.25. The minimum atomic E-state index is -2.00. The molecule has 0 radical (unpaired) electrons. The first-order valence-corrected chi connectivity index (χ1v) is 8.98. The second-order valence-electron chi connectivity index (χ2n) is 6.54. The molecule has 2 atom stereocenters. The predicted molar refractivity (Wildman–Crippen MR) is 104 cm³/mol. The molecule has 1 aliphatic rings. The molecule has 0 fully saturated rings. The van der Waals surface area contributed by atoms with Crippen molar-refractivity contribution < 1.29 is 39.5 Å². The van der Waals surface area contributed by atoms with Crippen molar-refractivity contribution in [2.24, 2.45) is 5.92 Å². The van der Waals surface area contributed by atoms with Gasteiger partial charge in [-0.25, -0.2) is 0 Å². The van der Waals surface area contributed by atoms with Crippen molar-refractivity contribution in [3.8, 4) is 11.5 Å². The summed E-state index contributed by atoms with van der Waals surface area (Å²) >= 11 is 0. The second kappa shape index (κ2) is 10.6. The van der Waals surface area contributed by atoms with Crippen LogP contribution in [-0.2, 0) is 14.3 Å². The fourth-order valence-electron chi connectivity index (χ4n) is 2.84. The number of hydrogen-bond acceptors (Lipinski definition) is 8. The third-order valence-electron chi connectivity index (χ3n) is 4.33.